The lowest BCUT2D eigenvalue weighted by molar-refractivity contribution is -0.129. The molecule has 0 unspecified atom stereocenters. The van der Waals surface area contributed by atoms with E-state index in [1.807, 2.05) is 30.3 Å². The molecule has 1 aliphatic heterocycles. The number of rotatable bonds is 7. The fraction of sp³-hybridized carbons (Fsp3) is 0.190. The zero-order valence-electron chi connectivity index (χ0n) is 16.7. The second-order valence-corrected chi connectivity index (χ2v) is 7.31. The van der Waals surface area contributed by atoms with Gasteiger partial charge in [-0.1, -0.05) is 24.3 Å². The third-order valence-corrected chi connectivity index (χ3v) is 5.22. The Morgan fingerprint density at radius 1 is 1.10 bits per heavy atom. The van der Waals surface area contributed by atoms with E-state index in [4.69, 9.17) is 9.47 Å². The van der Waals surface area contributed by atoms with Crippen molar-refractivity contribution in [1.29, 1.82) is 0 Å². The normalized spacial score (nSPS) is 14.8. The zero-order valence-corrected chi connectivity index (χ0v) is 17.6. The first-order chi connectivity index (χ1) is 14.4. The van der Waals surface area contributed by atoms with Crippen molar-refractivity contribution in [3.8, 4) is 11.5 Å². The van der Waals surface area contributed by atoms with Crippen LogP contribution in [-0.4, -0.2) is 49.8 Å². The molecule has 0 bridgehead atoms. The minimum Gasteiger partial charge on any atom is -0.493 e. The van der Waals surface area contributed by atoms with E-state index in [0.717, 1.165) is 22.3 Å². The minimum atomic E-state index is -0.516. The molecule has 1 heterocycles. The maximum absolute atomic E-state index is 12.7. The first-order valence-electron chi connectivity index (χ1n) is 8.98. The molecule has 1 saturated heterocycles. The van der Waals surface area contributed by atoms with E-state index >= 15 is 0 Å². The van der Waals surface area contributed by atoms with E-state index in [-0.39, 0.29) is 11.4 Å². The maximum atomic E-state index is 12.7. The largest absolute Gasteiger partial charge is 0.493 e. The van der Waals surface area contributed by atoms with Crippen molar-refractivity contribution in [1.82, 2.24) is 10.3 Å². The Balaban J connectivity index is 1.68. The molecule has 156 valence electrons. The van der Waals surface area contributed by atoms with Crippen LogP contribution in [0.1, 0.15) is 5.56 Å². The number of hydrogen-bond donors (Lipinski definition) is 1. The number of nitrogens with zero attached hydrogens (tertiary/aromatic N) is 2. The van der Waals surface area contributed by atoms with Gasteiger partial charge in [-0.2, -0.15) is 0 Å². The number of amides is 3. The predicted octanol–water partition coefficient (Wildman–Crippen LogP) is 2.91. The Morgan fingerprint density at radius 2 is 1.80 bits per heavy atom. The van der Waals surface area contributed by atoms with Crippen molar-refractivity contribution < 1.29 is 23.9 Å². The van der Waals surface area contributed by atoms with Crippen molar-refractivity contribution in [2.75, 3.05) is 32.8 Å². The number of carbonyl (C=O) groups is 3. The SMILES string of the molecule is COc1ccc(C=C2SC(=O)N(CC(=O)NN(C)c3ccccc3)C2=O)cc1OC. The van der Waals surface area contributed by atoms with Gasteiger partial charge >= 0.3 is 0 Å². The van der Waals surface area contributed by atoms with Crippen LogP contribution in [0.5, 0.6) is 11.5 Å². The molecule has 0 radical (unpaired) electrons. The van der Waals surface area contributed by atoms with Gasteiger partial charge in [0.15, 0.2) is 11.5 Å². The Morgan fingerprint density at radius 3 is 2.47 bits per heavy atom. The zero-order chi connectivity index (χ0) is 21.7. The van der Waals surface area contributed by atoms with Crippen LogP contribution in [0.25, 0.3) is 6.08 Å². The number of imide groups is 1. The molecule has 0 aromatic heterocycles. The molecule has 1 aliphatic rings. The molecule has 0 aliphatic carbocycles. The first-order valence-corrected chi connectivity index (χ1v) is 9.80. The summed E-state index contributed by atoms with van der Waals surface area (Å²) in [5, 5.41) is 1.03. The van der Waals surface area contributed by atoms with Crippen LogP contribution in [0.2, 0.25) is 0 Å². The number of nitrogens with one attached hydrogen (secondary N) is 1. The van der Waals surface area contributed by atoms with Crippen molar-refractivity contribution in [2.24, 2.45) is 0 Å². The van der Waals surface area contributed by atoms with E-state index in [1.54, 1.807) is 31.3 Å². The summed E-state index contributed by atoms with van der Waals surface area (Å²) in [5.41, 5.74) is 4.09. The Bertz CT molecular complexity index is 993. The Labute approximate surface area is 178 Å². The number of hydrazine groups is 1. The number of anilines is 1. The number of hydrogen-bond acceptors (Lipinski definition) is 7. The number of ether oxygens (including phenoxy) is 2. The van der Waals surface area contributed by atoms with Crippen LogP contribution in [0.3, 0.4) is 0 Å². The van der Waals surface area contributed by atoms with Crippen LogP contribution in [0, 0.1) is 0 Å². The number of carbonyl (C=O) groups excluding carboxylic acids is 3. The Kier molecular flexibility index (Phi) is 6.63. The lowest BCUT2D eigenvalue weighted by atomic mass is 10.2. The van der Waals surface area contributed by atoms with Crippen molar-refractivity contribution in [3.05, 3.63) is 59.0 Å². The lowest BCUT2D eigenvalue weighted by Crippen LogP contribution is -2.46. The minimum absolute atomic E-state index is 0.233. The number of benzene rings is 2. The third-order valence-electron chi connectivity index (χ3n) is 4.32. The molecular formula is C21H21N3O5S. The number of thioether (sulfide) groups is 1. The van der Waals surface area contributed by atoms with Crippen LogP contribution < -0.4 is 19.9 Å². The summed E-state index contributed by atoms with van der Waals surface area (Å²) < 4.78 is 10.5. The van der Waals surface area contributed by atoms with E-state index in [2.05, 4.69) is 5.43 Å². The highest BCUT2D eigenvalue weighted by atomic mass is 32.2. The average Bonchev–Trinajstić information content (AvgIpc) is 3.01. The number of methoxy groups -OCH3 is 2. The summed E-state index contributed by atoms with van der Waals surface area (Å²) in [6, 6.07) is 14.4. The molecular weight excluding hydrogens is 406 g/mol. The summed E-state index contributed by atoms with van der Waals surface area (Å²) in [6.45, 7) is -0.370. The monoisotopic (exact) mass is 427 g/mol. The summed E-state index contributed by atoms with van der Waals surface area (Å²) in [6.07, 6.45) is 1.58. The van der Waals surface area contributed by atoms with Gasteiger partial charge in [-0.15, -0.1) is 0 Å². The van der Waals surface area contributed by atoms with Crippen molar-refractivity contribution in [2.45, 2.75) is 0 Å². The van der Waals surface area contributed by atoms with E-state index in [9.17, 15) is 14.4 Å². The van der Waals surface area contributed by atoms with Crippen molar-refractivity contribution >= 4 is 40.6 Å². The molecule has 0 atom stereocenters. The van der Waals surface area contributed by atoms with Crippen LogP contribution in [0.4, 0.5) is 10.5 Å². The highest BCUT2D eigenvalue weighted by molar-refractivity contribution is 8.18. The fourth-order valence-corrected chi connectivity index (χ4v) is 3.65. The molecule has 9 heteroatoms. The molecule has 8 nitrogen and oxygen atoms in total. The first kappa shape index (κ1) is 21.3. The third kappa shape index (κ3) is 4.74. The van der Waals surface area contributed by atoms with Gasteiger partial charge in [0, 0.05) is 7.05 Å². The molecule has 1 N–H and O–H groups in total. The van der Waals surface area contributed by atoms with Gasteiger partial charge in [-0.3, -0.25) is 29.7 Å². The second-order valence-electron chi connectivity index (χ2n) is 6.31. The molecule has 30 heavy (non-hydrogen) atoms. The van der Waals surface area contributed by atoms with Crippen molar-refractivity contribution in [3.63, 3.8) is 0 Å². The van der Waals surface area contributed by atoms with E-state index in [0.29, 0.717) is 17.1 Å². The quantitative estimate of drug-likeness (QED) is 0.537. The topological polar surface area (TPSA) is 88.2 Å². The van der Waals surface area contributed by atoms with Crippen LogP contribution in [-0.2, 0) is 9.59 Å². The average molecular weight is 427 g/mol. The van der Waals surface area contributed by atoms with E-state index < -0.39 is 17.1 Å². The van der Waals surface area contributed by atoms with Gasteiger partial charge in [-0.25, -0.2) is 0 Å². The maximum Gasteiger partial charge on any atom is 0.294 e. The highest BCUT2D eigenvalue weighted by Crippen LogP contribution is 2.34. The lowest BCUT2D eigenvalue weighted by Gasteiger charge is -2.21. The van der Waals surface area contributed by atoms with Gasteiger partial charge in [0.25, 0.3) is 17.1 Å². The molecule has 3 amide bonds. The predicted molar refractivity (Wildman–Crippen MR) is 115 cm³/mol. The second kappa shape index (κ2) is 9.36. The van der Waals surface area contributed by atoms with E-state index in [1.165, 1.54) is 19.2 Å². The fourth-order valence-electron chi connectivity index (χ4n) is 2.81. The molecule has 0 saturated carbocycles. The summed E-state index contributed by atoms with van der Waals surface area (Å²) in [4.78, 5) is 38.4. The summed E-state index contributed by atoms with van der Waals surface area (Å²) >= 11 is 0.790. The smallest absolute Gasteiger partial charge is 0.294 e. The molecule has 2 aromatic carbocycles. The Hall–Kier alpha value is -3.46. The van der Waals surface area contributed by atoms with Gasteiger partial charge in [0.1, 0.15) is 6.54 Å². The molecule has 1 fully saturated rings. The summed E-state index contributed by atoms with van der Waals surface area (Å²) in [7, 11) is 4.72. The number of para-hydroxylation sites is 1. The standard InChI is InChI=1S/C21H21N3O5S/c1-23(15-7-5-4-6-8-15)22-19(25)13-24-20(26)18(30-21(24)27)12-14-9-10-16(28-2)17(11-14)29-3/h4-12H,13H2,1-3H3,(H,22,25). The van der Waals surface area contributed by atoms with Crippen LogP contribution in [0.15, 0.2) is 53.4 Å². The van der Waals surface area contributed by atoms with Gasteiger partial charge in [0.2, 0.25) is 0 Å². The van der Waals surface area contributed by atoms with Gasteiger partial charge in [0.05, 0.1) is 24.8 Å². The molecule has 3 rings (SSSR count). The van der Waals surface area contributed by atoms with Crippen LogP contribution >= 0.6 is 11.8 Å². The molecule has 2 aromatic rings. The summed E-state index contributed by atoms with van der Waals surface area (Å²) in [5.74, 6) is 0.0732. The molecule has 0 spiro atoms. The highest BCUT2D eigenvalue weighted by Gasteiger charge is 2.36. The van der Waals surface area contributed by atoms with Gasteiger partial charge < -0.3 is 9.47 Å². The van der Waals surface area contributed by atoms with Gasteiger partial charge in [-0.05, 0) is 47.7 Å².